The molecule has 1 saturated heterocycles. The van der Waals surface area contributed by atoms with Crippen LogP contribution in [0.15, 0.2) is 73.4 Å². The topological polar surface area (TPSA) is 638 Å². The number of carboxylic acids is 2. The zero-order valence-corrected chi connectivity index (χ0v) is 64.7. The highest BCUT2D eigenvalue weighted by Crippen LogP contribution is 2.26. The number of aliphatic hydroxyl groups excluding tert-OH is 1. The molecule has 5 aromatic rings. The molecule has 14 amide bonds. The van der Waals surface area contributed by atoms with Crippen molar-refractivity contribution in [2.24, 2.45) is 23.3 Å². The van der Waals surface area contributed by atoms with Gasteiger partial charge in [0.2, 0.25) is 82.7 Å². The van der Waals surface area contributed by atoms with Crippen molar-refractivity contribution in [1.82, 2.24) is 94.4 Å². The Morgan fingerprint density at radius 1 is 0.619 bits per heavy atom. The first-order valence-corrected chi connectivity index (χ1v) is 38.7. The first kappa shape index (κ1) is 90.1. The van der Waals surface area contributed by atoms with Gasteiger partial charge >= 0.3 is 11.9 Å². The Morgan fingerprint density at radius 2 is 1.15 bits per heavy atom. The molecule has 2 aromatic carbocycles. The summed E-state index contributed by atoms with van der Waals surface area (Å²) in [6, 6.07) is -6.66. The summed E-state index contributed by atoms with van der Waals surface area (Å²) in [6.45, 7) is 8.95. The number of nitrogens with zero attached hydrogens (tertiary/aromatic N) is 1. The number of fused-ring (bicyclic) bond motifs is 2. The number of aromatic nitrogens is 4. The number of nitrogens with two attached hydrogens (primary N) is 2. The van der Waals surface area contributed by atoms with Crippen molar-refractivity contribution < 1.29 is 92.0 Å². The molecular formula is C71H99N21O19S2. The third kappa shape index (κ3) is 28.2. The van der Waals surface area contributed by atoms with Crippen LogP contribution < -0.4 is 85.9 Å². The molecule has 0 unspecified atom stereocenters. The fraction of sp³-hybridized carbons (Fsp3) is 0.493. The van der Waals surface area contributed by atoms with E-state index in [1.54, 1.807) is 68.6 Å². The number of aliphatic hydroxyl groups is 1. The lowest BCUT2D eigenvalue weighted by atomic mass is 9.97. The van der Waals surface area contributed by atoms with Gasteiger partial charge in [0.05, 0.1) is 31.1 Å². The molecule has 1 aliphatic heterocycles. The van der Waals surface area contributed by atoms with Gasteiger partial charge in [-0.3, -0.25) is 77.3 Å². The minimum absolute atomic E-state index is 0.0204. The van der Waals surface area contributed by atoms with Gasteiger partial charge in [-0.25, -0.2) is 9.78 Å². The molecule has 42 heteroatoms. The summed E-state index contributed by atoms with van der Waals surface area (Å²) < 4.78 is 0. The average molecular weight is 1610 g/mol. The van der Waals surface area contributed by atoms with Gasteiger partial charge in [0, 0.05) is 91.1 Å². The van der Waals surface area contributed by atoms with Crippen molar-refractivity contribution in [2.45, 2.75) is 185 Å². The lowest BCUT2D eigenvalue weighted by Crippen LogP contribution is -2.61. The number of nitrogens with one attached hydrogen (secondary N) is 18. The maximum Gasteiger partial charge on any atom is 0.328 e. The Kier molecular flexibility index (Phi) is 34.8. The predicted molar refractivity (Wildman–Crippen MR) is 412 cm³/mol. The molecule has 0 spiro atoms. The summed E-state index contributed by atoms with van der Waals surface area (Å²) in [6.07, 6.45) is 0.607. The number of benzene rings is 2. The SMILES string of the molecule is CC[C@H](C)[C@H](NC(C)=O)C(=O)N[C@H]1CSSC[C@@H](C(=O)N[C@H](C(=O)O)[C@@H](C)O)NC(=O)[C@@H](CCCNC(=N)N)NC(=O)[C@H](Cc2c[nH]cn2)NC(=O)[C@H](C)NC(=O)CNC(=O)[C@H](Cc2c[nH]c3ccccc23)NC(=O)[C@H](CC(=O)O)NC(=O)[C@H](CCC(N)=O)NC(=O)[C@H](Cc2c[nH]c3ccccc23)NC(=O)[C@H](C(C)C)NC1=O. The van der Waals surface area contributed by atoms with Gasteiger partial charge in [0.25, 0.3) is 0 Å². The average Bonchev–Trinajstić information content (AvgIpc) is 1.73. The molecule has 1 aliphatic rings. The number of H-pyrrole nitrogens is 3. The molecule has 0 radical (unpaired) electrons. The zero-order valence-electron chi connectivity index (χ0n) is 63.1. The van der Waals surface area contributed by atoms with E-state index in [2.05, 4.69) is 94.4 Å². The lowest BCUT2D eigenvalue weighted by molar-refractivity contribution is -0.145. The Labute approximate surface area is 655 Å². The molecule has 1 fully saturated rings. The van der Waals surface area contributed by atoms with E-state index in [-0.39, 0.29) is 44.3 Å². The summed E-state index contributed by atoms with van der Waals surface area (Å²) in [5, 5.41) is 74.6. The molecule has 0 saturated carbocycles. The quantitative estimate of drug-likeness (QED) is 0.0114. The largest absolute Gasteiger partial charge is 0.481 e. The summed E-state index contributed by atoms with van der Waals surface area (Å²) in [4.78, 5) is 238. The Hall–Kier alpha value is -11.8. The number of carbonyl (C=O) groups excluding carboxylic acids is 14. The Morgan fingerprint density at radius 3 is 1.70 bits per heavy atom. The maximum absolute atomic E-state index is 15.1. The van der Waals surface area contributed by atoms with E-state index >= 15 is 14.4 Å². The normalized spacial score (nSPS) is 22.7. The summed E-state index contributed by atoms with van der Waals surface area (Å²) in [5.74, 6) is -20.7. The van der Waals surface area contributed by atoms with Crippen molar-refractivity contribution in [2.75, 3.05) is 24.6 Å². The van der Waals surface area contributed by atoms with Crippen LogP contribution in [-0.4, -0.2) is 239 Å². The van der Waals surface area contributed by atoms with Crippen LogP contribution in [0.5, 0.6) is 0 Å². The molecule has 113 heavy (non-hydrogen) atoms. The lowest BCUT2D eigenvalue weighted by Gasteiger charge is -2.29. The van der Waals surface area contributed by atoms with Crippen molar-refractivity contribution in [1.29, 1.82) is 5.41 Å². The minimum atomic E-state index is -2.06. The molecule has 40 nitrogen and oxygen atoms in total. The van der Waals surface area contributed by atoms with E-state index in [0.717, 1.165) is 28.5 Å². The van der Waals surface area contributed by atoms with Crippen LogP contribution in [0.25, 0.3) is 21.8 Å². The molecule has 6 rings (SSSR count). The molecule has 4 heterocycles. The first-order chi connectivity index (χ1) is 53.5. The van der Waals surface area contributed by atoms with E-state index in [1.807, 2.05) is 0 Å². The minimum Gasteiger partial charge on any atom is -0.481 e. The van der Waals surface area contributed by atoms with E-state index in [4.69, 9.17) is 16.9 Å². The third-order valence-corrected chi connectivity index (χ3v) is 20.6. The Balaban J connectivity index is 1.47. The van der Waals surface area contributed by atoms with Gasteiger partial charge in [-0.1, -0.05) is 92.1 Å². The fourth-order valence-corrected chi connectivity index (χ4v) is 14.1. The number of aliphatic carboxylic acids is 2. The summed E-state index contributed by atoms with van der Waals surface area (Å²) >= 11 is 0. The molecule has 14 atom stereocenters. The second-order valence-electron chi connectivity index (χ2n) is 27.4. The molecular weight excluding hydrogens is 1520 g/mol. The van der Waals surface area contributed by atoms with E-state index in [1.165, 1.54) is 46.4 Å². The smallest absolute Gasteiger partial charge is 0.328 e. The molecule has 25 N–H and O–H groups in total. The van der Waals surface area contributed by atoms with Crippen LogP contribution in [0.3, 0.4) is 0 Å². The second-order valence-corrected chi connectivity index (χ2v) is 30.0. The van der Waals surface area contributed by atoms with Crippen molar-refractivity contribution in [3.8, 4) is 0 Å². The van der Waals surface area contributed by atoms with Gasteiger partial charge in [0.1, 0.15) is 66.5 Å². The first-order valence-electron chi connectivity index (χ1n) is 36.2. The van der Waals surface area contributed by atoms with Gasteiger partial charge < -0.3 is 116 Å². The number of amides is 14. The predicted octanol–water partition coefficient (Wildman–Crippen LogP) is -4.06. The molecule has 0 bridgehead atoms. The highest BCUT2D eigenvalue weighted by Gasteiger charge is 2.39. The number of rotatable bonds is 25. The van der Waals surface area contributed by atoms with E-state index in [9.17, 15) is 77.6 Å². The number of primary amides is 1. The number of aromatic amines is 3. The zero-order chi connectivity index (χ0) is 83.3. The maximum atomic E-state index is 15.1. The van der Waals surface area contributed by atoms with Gasteiger partial charge in [0.15, 0.2) is 12.0 Å². The monoisotopic (exact) mass is 1610 g/mol. The number of hydrogen-bond acceptors (Lipinski definition) is 21. The molecule has 3 aromatic heterocycles. The van der Waals surface area contributed by atoms with Gasteiger partial charge in [-0.05, 0) is 68.2 Å². The van der Waals surface area contributed by atoms with Crippen LogP contribution in [0.4, 0.5) is 0 Å². The number of para-hydroxylation sites is 2. The van der Waals surface area contributed by atoms with Crippen molar-refractivity contribution in [3.05, 3.63) is 90.3 Å². The number of imidazole rings is 1. The van der Waals surface area contributed by atoms with Crippen molar-refractivity contribution >= 4 is 144 Å². The van der Waals surface area contributed by atoms with Crippen LogP contribution in [0, 0.1) is 17.2 Å². The third-order valence-electron chi connectivity index (χ3n) is 18.2. The number of hydrogen-bond donors (Lipinski definition) is 23. The highest BCUT2D eigenvalue weighted by molar-refractivity contribution is 8.76. The van der Waals surface area contributed by atoms with E-state index in [0.29, 0.717) is 39.4 Å². The highest BCUT2D eigenvalue weighted by atomic mass is 33.1. The Bertz CT molecular complexity index is 4250. The summed E-state index contributed by atoms with van der Waals surface area (Å²) in [5.41, 5.74) is 13.3. The number of carboxylic acid groups (broad SMARTS) is 2. The number of guanidine groups is 1. The summed E-state index contributed by atoms with van der Waals surface area (Å²) in [7, 11) is 1.59. The molecule has 0 aliphatic carbocycles. The fourth-order valence-electron chi connectivity index (χ4n) is 11.8. The van der Waals surface area contributed by atoms with Crippen molar-refractivity contribution in [3.63, 3.8) is 0 Å². The standard InChI is InChI=1S/C71H99N21O19S2/c1-8-34(4)57(82-37(7)94)69(109)90-52-31-113-112-30-51(67(107)92-58(36(6)93)70(110)111)89-61(101)45(18-13-21-76-71(73)74)83-64(104)49(24-40-28-75-32-80-40)85-59(99)35(5)81-54(96)29-79-60(100)47(22-38-26-77-43-16-11-9-14-41(38)43)86-65(105)50(25-55(97)98)87-62(102)46(19-20-53(72)95)84-63(103)48(88-68(108)56(33(2)3)91-66(52)106)23-39-27-78-44-17-12-10-15-42(39)44/h9-12,14-17,26-28,32-36,45-52,56-58,77-78,93H,8,13,18-25,29-31H2,1-7H3,(H2,72,95)(H,75,80)(H,79,100)(H,81,96)(H,82,94)(H,83,104)(H,84,103)(H,85,99)(H,86,105)(H,87,102)(H,88,108)(H,89,101)(H,90,109)(H,91,106)(H,92,107)(H,97,98)(H,110,111)(H4,73,74,76)/t34-,35-,36+,45+,46-,47-,48-,49-,50-,51-,52-,56-,57-,58-/m0/s1. The number of carbonyl (C=O) groups is 16. The van der Waals surface area contributed by atoms with Crippen LogP contribution >= 0.6 is 21.6 Å². The van der Waals surface area contributed by atoms with Gasteiger partial charge in [-0.2, -0.15) is 0 Å². The van der Waals surface area contributed by atoms with Crippen LogP contribution in [-0.2, 0) is 96.0 Å². The van der Waals surface area contributed by atoms with Gasteiger partial charge in [-0.15, -0.1) is 0 Å². The van der Waals surface area contributed by atoms with Crippen LogP contribution in [0.1, 0.15) is 104 Å². The second kappa shape index (κ2) is 43.7. The van der Waals surface area contributed by atoms with E-state index < -0.39 is 228 Å². The molecule has 614 valence electrons. The van der Waals surface area contributed by atoms with Crippen LogP contribution in [0.2, 0.25) is 0 Å².